The van der Waals surface area contributed by atoms with E-state index in [1.54, 1.807) is 0 Å². The van der Waals surface area contributed by atoms with E-state index in [1.807, 2.05) is 35.2 Å². The van der Waals surface area contributed by atoms with Crippen molar-refractivity contribution in [2.24, 2.45) is 5.92 Å². The fourth-order valence-corrected chi connectivity index (χ4v) is 4.05. The molecule has 0 N–H and O–H groups in total. The molecule has 0 aromatic heterocycles. The summed E-state index contributed by atoms with van der Waals surface area (Å²) in [5.74, 6) is 0.823. The molecule has 1 spiro atoms. The molecule has 4 nitrogen and oxygen atoms in total. The lowest BCUT2D eigenvalue weighted by Gasteiger charge is -2.40. The van der Waals surface area contributed by atoms with Crippen LogP contribution in [0.1, 0.15) is 24.8 Å². The van der Waals surface area contributed by atoms with E-state index in [1.165, 1.54) is 0 Å². The lowest BCUT2D eigenvalue weighted by atomic mass is 9.86. The number of likely N-dealkylation sites (tertiary alicyclic amines) is 1. The number of carbonyl (C=O) groups is 1. The first kappa shape index (κ1) is 16.5. The highest BCUT2D eigenvalue weighted by molar-refractivity contribution is 5.79. The van der Waals surface area contributed by atoms with Crippen LogP contribution in [-0.4, -0.2) is 61.6 Å². The number of hydrogen-bond acceptors (Lipinski definition) is 3. The Labute approximate surface area is 139 Å². The predicted octanol–water partition coefficient (Wildman–Crippen LogP) is 2.19. The lowest BCUT2D eigenvalue weighted by Crippen LogP contribution is -2.50. The largest absolute Gasteiger partial charge is 0.373 e. The van der Waals surface area contributed by atoms with Gasteiger partial charge < -0.3 is 14.5 Å². The minimum Gasteiger partial charge on any atom is -0.373 e. The summed E-state index contributed by atoms with van der Waals surface area (Å²) in [6, 6.07) is 10.0. The van der Waals surface area contributed by atoms with Crippen LogP contribution in [0.4, 0.5) is 0 Å². The summed E-state index contributed by atoms with van der Waals surface area (Å²) < 4.78 is 6.20. The molecular weight excluding hydrogens is 288 g/mol. The summed E-state index contributed by atoms with van der Waals surface area (Å²) in [7, 11) is 4.23. The van der Waals surface area contributed by atoms with Crippen molar-refractivity contribution in [3.05, 3.63) is 35.9 Å². The number of ether oxygens (including phenoxy) is 1. The van der Waals surface area contributed by atoms with Crippen molar-refractivity contribution in [2.75, 3.05) is 40.3 Å². The minimum absolute atomic E-state index is 0.0920. The molecule has 2 fully saturated rings. The molecule has 2 aliphatic rings. The average Bonchev–Trinajstić information content (AvgIpc) is 2.89. The summed E-state index contributed by atoms with van der Waals surface area (Å²) >= 11 is 0. The second-order valence-electron chi connectivity index (χ2n) is 7.41. The number of nitrogens with zero attached hydrogens (tertiary/aromatic N) is 2. The number of hydrogen-bond donors (Lipinski definition) is 0. The van der Waals surface area contributed by atoms with Gasteiger partial charge in [0.05, 0.1) is 18.6 Å². The maximum atomic E-state index is 12.6. The molecular formula is C19H28N2O2. The Morgan fingerprint density at radius 3 is 2.87 bits per heavy atom. The monoisotopic (exact) mass is 316 g/mol. The second kappa shape index (κ2) is 7.02. The van der Waals surface area contributed by atoms with Gasteiger partial charge in [-0.1, -0.05) is 30.3 Å². The molecule has 0 radical (unpaired) electrons. The van der Waals surface area contributed by atoms with Gasteiger partial charge in [-0.05, 0) is 44.8 Å². The fourth-order valence-electron chi connectivity index (χ4n) is 4.05. The number of amides is 1. The molecule has 0 bridgehead atoms. The van der Waals surface area contributed by atoms with Crippen LogP contribution in [0, 0.1) is 5.92 Å². The Balaban J connectivity index is 1.59. The normalized spacial score (nSPS) is 27.8. The Hall–Kier alpha value is -1.39. The van der Waals surface area contributed by atoms with Gasteiger partial charge in [0.25, 0.3) is 0 Å². The molecule has 2 aliphatic heterocycles. The van der Waals surface area contributed by atoms with E-state index in [0.29, 0.717) is 12.3 Å². The van der Waals surface area contributed by atoms with Gasteiger partial charge in [-0.2, -0.15) is 0 Å². The number of piperidine rings is 1. The first-order valence-corrected chi connectivity index (χ1v) is 8.67. The van der Waals surface area contributed by atoms with Crippen LogP contribution in [0.2, 0.25) is 0 Å². The van der Waals surface area contributed by atoms with Gasteiger partial charge in [0.1, 0.15) is 0 Å². The van der Waals surface area contributed by atoms with Crippen LogP contribution >= 0.6 is 0 Å². The second-order valence-corrected chi connectivity index (χ2v) is 7.41. The van der Waals surface area contributed by atoms with Gasteiger partial charge in [-0.15, -0.1) is 0 Å². The Morgan fingerprint density at radius 2 is 2.13 bits per heavy atom. The van der Waals surface area contributed by atoms with Gasteiger partial charge in [-0.25, -0.2) is 0 Å². The molecule has 2 heterocycles. The van der Waals surface area contributed by atoms with Crippen LogP contribution < -0.4 is 0 Å². The van der Waals surface area contributed by atoms with E-state index < -0.39 is 0 Å². The zero-order valence-corrected chi connectivity index (χ0v) is 14.3. The maximum absolute atomic E-state index is 12.6. The summed E-state index contributed by atoms with van der Waals surface area (Å²) in [6.45, 7) is 3.54. The SMILES string of the molecule is CN(C)CC1COC2(CCCN(C(=O)Cc3ccccc3)C2)C1. The van der Waals surface area contributed by atoms with Crippen molar-refractivity contribution in [3.63, 3.8) is 0 Å². The average molecular weight is 316 g/mol. The smallest absolute Gasteiger partial charge is 0.227 e. The number of carbonyl (C=O) groups excluding carboxylic acids is 1. The van der Waals surface area contributed by atoms with Crippen LogP contribution in [0.5, 0.6) is 0 Å². The summed E-state index contributed by atoms with van der Waals surface area (Å²) in [6.07, 6.45) is 3.72. The molecule has 2 atom stereocenters. The van der Waals surface area contributed by atoms with Gasteiger partial charge >= 0.3 is 0 Å². The van der Waals surface area contributed by atoms with Crippen LogP contribution in [0.15, 0.2) is 30.3 Å². The Morgan fingerprint density at radius 1 is 1.35 bits per heavy atom. The van der Waals surface area contributed by atoms with E-state index in [-0.39, 0.29) is 11.5 Å². The summed E-state index contributed by atoms with van der Waals surface area (Å²) in [5, 5.41) is 0. The molecule has 126 valence electrons. The first-order valence-electron chi connectivity index (χ1n) is 8.67. The number of benzene rings is 1. The third-order valence-corrected chi connectivity index (χ3v) is 5.00. The Bertz CT molecular complexity index is 531. The zero-order chi connectivity index (χ0) is 16.3. The highest BCUT2D eigenvalue weighted by Gasteiger charge is 2.44. The minimum atomic E-state index is -0.0920. The third-order valence-electron chi connectivity index (χ3n) is 5.00. The van der Waals surface area contributed by atoms with Crippen molar-refractivity contribution in [3.8, 4) is 0 Å². The summed E-state index contributed by atoms with van der Waals surface area (Å²) in [5.41, 5.74) is 1.00. The zero-order valence-electron chi connectivity index (χ0n) is 14.3. The van der Waals surface area contributed by atoms with Crippen molar-refractivity contribution in [1.82, 2.24) is 9.80 Å². The molecule has 0 aliphatic carbocycles. The molecule has 2 unspecified atom stereocenters. The van der Waals surface area contributed by atoms with Crippen molar-refractivity contribution in [1.29, 1.82) is 0 Å². The van der Waals surface area contributed by atoms with Gasteiger partial charge in [0.2, 0.25) is 5.91 Å². The molecule has 1 aromatic carbocycles. The Kier molecular flexibility index (Phi) is 5.02. The van der Waals surface area contributed by atoms with Crippen LogP contribution in [0.25, 0.3) is 0 Å². The van der Waals surface area contributed by atoms with Crippen molar-refractivity contribution >= 4 is 5.91 Å². The third kappa shape index (κ3) is 4.12. The quantitative estimate of drug-likeness (QED) is 0.853. The van der Waals surface area contributed by atoms with E-state index in [2.05, 4.69) is 19.0 Å². The topological polar surface area (TPSA) is 32.8 Å². The fraction of sp³-hybridized carbons (Fsp3) is 0.632. The van der Waals surface area contributed by atoms with E-state index in [9.17, 15) is 4.79 Å². The first-order chi connectivity index (χ1) is 11.1. The van der Waals surface area contributed by atoms with Gasteiger partial charge in [-0.3, -0.25) is 4.79 Å². The van der Waals surface area contributed by atoms with E-state index in [0.717, 1.165) is 51.1 Å². The van der Waals surface area contributed by atoms with Crippen molar-refractivity contribution in [2.45, 2.75) is 31.3 Å². The van der Waals surface area contributed by atoms with Crippen LogP contribution in [-0.2, 0) is 16.0 Å². The van der Waals surface area contributed by atoms with Gasteiger partial charge in [0, 0.05) is 19.6 Å². The van der Waals surface area contributed by atoms with E-state index in [4.69, 9.17) is 4.74 Å². The maximum Gasteiger partial charge on any atom is 0.227 e. The number of rotatable bonds is 4. The van der Waals surface area contributed by atoms with Crippen molar-refractivity contribution < 1.29 is 9.53 Å². The van der Waals surface area contributed by atoms with Gasteiger partial charge in [0.15, 0.2) is 0 Å². The van der Waals surface area contributed by atoms with Crippen LogP contribution in [0.3, 0.4) is 0 Å². The standard InChI is InChI=1S/C19H28N2O2/c1-20(2)13-17-12-19(23-14-17)9-6-10-21(15-19)18(22)11-16-7-4-3-5-8-16/h3-5,7-8,17H,6,9-15H2,1-2H3. The molecule has 23 heavy (non-hydrogen) atoms. The molecule has 3 rings (SSSR count). The molecule has 0 saturated carbocycles. The highest BCUT2D eigenvalue weighted by atomic mass is 16.5. The summed E-state index contributed by atoms with van der Waals surface area (Å²) in [4.78, 5) is 16.9. The lowest BCUT2D eigenvalue weighted by molar-refractivity contribution is -0.138. The van der Waals surface area contributed by atoms with E-state index >= 15 is 0 Å². The molecule has 1 aromatic rings. The predicted molar refractivity (Wildman–Crippen MR) is 91.3 cm³/mol. The molecule has 4 heteroatoms. The molecule has 1 amide bonds. The molecule has 2 saturated heterocycles. The highest BCUT2D eigenvalue weighted by Crippen LogP contribution is 2.37.